The van der Waals surface area contributed by atoms with Gasteiger partial charge in [-0.15, -0.1) is 0 Å². The van der Waals surface area contributed by atoms with Gasteiger partial charge in [-0.3, -0.25) is 4.79 Å². The number of nitrogens with one attached hydrogen (secondary N) is 3. The molecule has 1 atom stereocenters. The molecule has 2 aliphatic heterocycles. The molecule has 4 heterocycles. The van der Waals surface area contributed by atoms with Crippen LogP contribution in [-0.2, 0) is 17.6 Å². The van der Waals surface area contributed by atoms with E-state index < -0.39 is 0 Å². The fourth-order valence-corrected chi connectivity index (χ4v) is 3.42. The summed E-state index contributed by atoms with van der Waals surface area (Å²) in [4.78, 5) is 21.7. The van der Waals surface area contributed by atoms with Gasteiger partial charge in [-0.05, 0) is 44.4 Å². The maximum Gasteiger partial charge on any atom is 0.242 e. The van der Waals surface area contributed by atoms with E-state index >= 15 is 0 Å². The molecule has 0 saturated carbocycles. The molecule has 4 rings (SSSR count). The van der Waals surface area contributed by atoms with Crippen LogP contribution in [0.4, 0.5) is 5.82 Å². The van der Waals surface area contributed by atoms with E-state index in [1.54, 1.807) is 6.26 Å². The van der Waals surface area contributed by atoms with Crippen LogP contribution in [0.3, 0.4) is 0 Å². The van der Waals surface area contributed by atoms with Crippen molar-refractivity contribution in [2.75, 3.05) is 25.0 Å². The zero-order valence-corrected chi connectivity index (χ0v) is 14.2. The molecule has 7 heteroatoms. The standard InChI is InChI=1S/C18H23N5O2/c24-18-14(4-1-2-8-20-18)22-16-12-6-9-19-10-7-13(12)21-17(23-16)15-5-3-11-25-15/h3,5,11,14,19H,1-2,4,6-10H2,(H,20,24)(H,21,22,23)/t14-/m0/s1. The highest BCUT2D eigenvalue weighted by Gasteiger charge is 2.24. The zero-order chi connectivity index (χ0) is 17.1. The van der Waals surface area contributed by atoms with Gasteiger partial charge in [-0.1, -0.05) is 0 Å². The molecule has 0 aromatic carbocycles. The smallest absolute Gasteiger partial charge is 0.242 e. The number of fused-ring (bicyclic) bond motifs is 1. The van der Waals surface area contributed by atoms with Crippen molar-refractivity contribution in [3.05, 3.63) is 29.7 Å². The third-order valence-corrected chi connectivity index (χ3v) is 4.77. The van der Waals surface area contributed by atoms with Crippen LogP contribution < -0.4 is 16.0 Å². The molecule has 2 aliphatic rings. The van der Waals surface area contributed by atoms with E-state index in [9.17, 15) is 4.79 Å². The maximum absolute atomic E-state index is 12.3. The Morgan fingerprint density at radius 1 is 1.16 bits per heavy atom. The summed E-state index contributed by atoms with van der Waals surface area (Å²) in [5.74, 6) is 2.04. The lowest BCUT2D eigenvalue weighted by Crippen LogP contribution is -2.38. The minimum Gasteiger partial charge on any atom is -0.461 e. The summed E-state index contributed by atoms with van der Waals surface area (Å²) in [7, 11) is 0. The van der Waals surface area contributed by atoms with Gasteiger partial charge in [0.2, 0.25) is 5.91 Å². The highest BCUT2D eigenvalue weighted by Crippen LogP contribution is 2.26. The Labute approximate surface area is 146 Å². The predicted octanol–water partition coefficient (Wildman–Crippen LogP) is 1.51. The van der Waals surface area contributed by atoms with Crippen molar-refractivity contribution in [1.29, 1.82) is 0 Å². The van der Waals surface area contributed by atoms with E-state index in [4.69, 9.17) is 14.4 Å². The van der Waals surface area contributed by atoms with Crippen LogP contribution in [-0.4, -0.2) is 41.6 Å². The topological polar surface area (TPSA) is 92.1 Å². The summed E-state index contributed by atoms with van der Waals surface area (Å²) in [5.41, 5.74) is 2.14. The highest BCUT2D eigenvalue weighted by molar-refractivity contribution is 5.84. The fourth-order valence-electron chi connectivity index (χ4n) is 3.42. The van der Waals surface area contributed by atoms with Crippen LogP contribution >= 0.6 is 0 Å². The molecular weight excluding hydrogens is 318 g/mol. The SMILES string of the molecule is O=C1NCCCC[C@@H]1Nc1nc(-c2ccco2)nc2c1CCNCC2. The summed E-state index contributed by atoms with van der Waals surface area (Å²) in [6.07, 6.45) is 6.18. The van der Waals surface area contributed by atoms with Crippen molar-refractivity contribution in [2.45, 2.75) is 38.1 Å². The van der Waals surface area contributed by atoms with E-state index in [1.165, 1.54) is 0 Å². The third-order valence-electron chi connectivity index (χ3n) is 4.77. The van der Waals surface area contributed by atoms with E-state index in [-0.39, 0.29) is 11.9 Å². The molecular formula is C18H23N5O2. The Hall–Kier alpha value is -2.41. The number of hydrogen-bond donors (Lipinski definition) is 3. The second-order valence-corrected chi connectivity index (χ2v) is 6.53. The lowest BCUT2D eigenvalue weighted by atomic mass is 10.1. The summed E-state index contributed by atoms with van der Waals surface area (Å²) >= 11 is 0. The van der Waals surface area contributed by atoms with Gasteiger partial charge in [0, 0.05) is 25.1 Å². The average molecular weight is 341 g/mol. The van der Waals surface area contributed by atoms with Gasteiger partial charge in [0.25, 0.3) is 0 Å². The Kier molecular flexibility index (Phi) is 4.65. The van der Waals surface area contributed by atoms with Crippen molar-refractivity contribution >= 4 is 11.7 Å². The van der Waals surface area contributed by atoms with Gasteiger partial charge in [0.15, 0.2) is 11.6 Å². The molecule has 0 aliphatic carbocycles. The number of hydrogen-bond acceptors (Lipinski definition) is 6. The maximum atomic E-state index is 12.3. The lowest BCUT2D eigenvalue weighted by Gasteiger charge is -2.19. The van der Waals surface area contributed by atoms with Crippen LogP contribution in [0.15, 0.2) is 22.8 Å². The molecule has 1 fully saturated rings. The van der Waals surface area contributed by atoms with E-state index in [1.807, 2.05) is 12.1 Å². The van der Waals surface area contributed by atoms with Crippen LogP contribution in [0.5, 0.6) is 0 Å². The Morgan fingerprint density at radius 2 is 2.08 bits per heavy atom. The number of anilines is 1. The second kappa shape index (κ2) is 7.23. The number of aromatic nitrogens is 2. The first-order valence-corrected chi connectivity index (χ1v) is 9.00. The number of furan rings is 1. The van der Waals surface area contributed by atoms with Crippen molar-refractivity contribution < 1.29 is 9.21 Å². The van der Waals surface area contributed by atoms with Crippen molar-refractivity contribution in [3.63, 3.8) is 0 Å². The summed E-state index contributed by atoms with van der Waals surface area (Å²) in [5, 5.41) is 9.77. The number of amides is 1. The largest absolute Gasteiger partial charge is 0.461 e. The molecule has 2 aromatic rings. The van der Waals surface area contributed by atoms with Crippen LogP contribution in [0.1, 0.15) is 30.5 Å². The average Bonchev–Trinajstić information content (AvgIpc) is 2.95. The number of carbonyl (C=O) groups is 1. The summed E-state index contributed by atoms with van der Waals surface area (Å²) < 4.78 is 5.48. The molecule has 1 saturated heterocycles. The first kappa shape index (κ1) is 16.1. The minimum atomic E-state index is -0.248. The molecule has 0 spiro atoms. The van der Waals surface area contributed by atoms with Crippen LogP contribution in [0.25, 0.3) is 11.6 Å². The van der Waals surface area contributed by atoms with Crippen molar-refractivity contribution in [1.82, 2.24) is 20.6 Å². The Balaban J connectivity index is 1.71. The molecule has 0 unspecified atom stereocenters. The monoisotopic (exact) mass is 341 g/mol. The molecule has 25 heavy (non-hydrogen) atoms. The fraction of sp³-hybridized carbons (Fsp3) is 0.500. The molecule has 3 N–H and O–H groups in total. The summed E-state index contributed by atoms with van der Waals surface area (Å²) in [6.45, 7) is 2.54. The van der Waals surface area contributed by atoms with Crippen LogP contribution in [0, 0.1) is 0 Å². The lowest BCUT2D eigenvalue weighted by molar-refractivity contribution is -0.121. The molecule has 1 amide bonds. The predicted molar refractivity (Wildman–Crippen MR) is 94.3 cm³/mol. The Bertz CT molecular complexity index is 744. The zero-order valence-electron chi connectivity index (χ0n) is 14.2. The van der Waals surface area contributed by atoms with Gasteiger partial charge >= 0.3 is 0 Å². The van der Waals surface area contributed by atoms with Gasteiger partial charge < -0.3 is 20.4 Å². The van der Waals surface area contributed by atoms with E-state index in [0.29, 0.717) is 11.6 Å². The van der Waals surface area contributed by atoms with Gasteiger partial charge in [0.1, 0.15) is 11.9 Å². The highest BCUT2D eigenvalue weighted by atomic mass is 16.3. The molecule has 0 radical (unpaired) electrons. The molecule has 132 valence electrons. The van der Waals surface area contributed by atoms with E-state index in [2.05, 4.69) is 16.0 Å². The molecule has 7 nitrogen and oxygen atoms in total. The van der Waals surface area contributed by atoms with Gasteiger partial charge in [-0.25, -0.2) is 9.97 Å². The van der Waals surface area contributed by atoms with Crippen molar-refractivity contribution in [2.24, 2.45) is 0 Å². The van der Waals surface area contributed by atoms with Crippen molar-refractivity contribution in [3.8, 4) is 11.6 Å². The van der Waals surface area contributed by atoms with Crippen LogP contribution in [0.2, 0.25) is 0 Å². The van der Waals surface area contributed by atoms with Gasteiger partial charge in [-0.2, -0.15) is 0 Å². The quantitative estimate of drug-likeness (QED) is 0.784. The third kappa shape index (κ3) is 3.51. The second-order valence-electron chi connectivity index (χ2n) is 6.53. The number of carbonyl (C=O) groups excluding carboxylic acids is 1. The minimum absolute atomic E-state index is 0.0520. The Morgan fingerprint density at radius 3 is 2.96 bits per heavy atom. The molecule has 0 bridgehead atoms. The van der Waals surface area contributed by atoms with Gasteiger partial charge in [0.05, 0.1) is 12.0 Å². The number of rotatable bonds is 3. The normalized spacial score (nSPS) is 21.0. The molecule has 2 aromatic heterocycles. The van der Waals surface area contributed by atoms with E-state index in [0.717, 1.165) is 68.8 Å². The first-order valence-electron chi connectivity index (χ1n) is 9.00. The summed E-state index contributed by atoms with van der Waals surface area (Å²) in [6, 6.07) is 3.44. The number of nitrogens with zero attached hydrogens (tertiary/aromatic N) is 2. The first-order chi connectivity index (χ1) is 12.3.